The number of hydrogen-bond donors (Lipinski definition) is 1. The van der Waals surface area contributed by atoms with Gasteiger partial charge in [0.1, 0.15) is 17.2 Å². The smallest absolute Gasteiger partial charge is 0.293 e. The summed E-state index contributed by atoms with van der Waals surface area (Å²) >= 11 is 0. The van der Waals surface area contributed by atoms with Gasteiger partial charge < -0.3 is 9.73 Å². The molecule has 0 aliphatic carbocycles. The van der Waals surface area contributed by atoms with Gasteiger partial charge in [0.05, 0.1) is 4.92 Å². The van der Waals surface area contributed by atoms with Crippen LogP contribution in [0.3, 0.4) is 0 Å². The first-order valence-electron chi connectivity index (χ1n) is 7.92. The van der Waals surface area contributed by atoms with Gasteiger partial charge in [-0.15, -0.1) is 0 Å². The van der Waals surface area contributed by atoms with Crippen molar-refractivity contribution in [1.29, 1.82) is 0 Å². The van der Waals surface area contributed by atoms with Crippen LogP contribution in [0.25, 0.3) is 17.4 Å². The van der Waals surface area contributed by atoms with Crippen molar-refractivity contribution in [3.05, 3.63) is 88.2 Å². The van der Waals surface area contributed by atoms with E-state index in [1.807, 2.05) is 36.4 Å². The average molecular weight is 348 g/mol. The van der Waals surface area contributed by atoms with E-state index in [1.165, 1.54) is 24.3 Å². The summed E-state index contributed by atoms with van der Waals surface area (Å²) in [6.45, 7) is 1.75. The van der Waals surface area contributed by atoms with Crippen LogP contribution >= 0.6 is 0 Å². The van der Waals surface area contributed by atoms with Crippen molar-refractivity contribution in [3.8, 4) is 11.3 Å². The largest absolute Gasteiger partial charge is 0.457 e. The van der Waals surface area contributed by atoms with Crippen LogP contribution in [-0.2, 0) is 4.79 Å². The molecule has 0 aliphatic heterocycles. The van der Waals surface area contributed by atoms with E-state index < -0.39 is 10.8 Å². The van der Waals surface area contributed by atoms with Gasteiger partial charge in [-0.2, -0.15) is 0 Å². The van der Waals surface area contributed by atoms with Gasteiger partial charge >= 0.3 is 0 Å². The lowest BCUT2D eigenvalue weighted by atomic mass is 10.2. The zero-order valence-corrected chi connectivity index (χ0v) is 14.0. The molecule has 0 fully saturated rings. The molecule has 0 bridgehead atoms. The fourth-order valence-electron chi connectivity index (χ4n) is 2.43. The molecule has 0 saturated heterocycles. The summed E-state index contributed by atoms with van der Waals surface area (Å²) in [5.41, 5.74) is 1.69. The highest BCUT2D eigenvalue weighted by Crippen LogP contribution is 2.25. The molecule has 3 aromatic rings. The summed E-state index contributed by atoms with van der Waals surface area (Å²) in [6.07, 6.45) is 2.79. The van der Waals surface area contributed by atoms with E-state index in [0.29, 0.717) is 11.5 Å². The molecular formula is C20H16N2O4. The van der Waals surface area contributed by atoms with Crippen LogP contribution in [0.5, 0.6) is 0 Å². The van der Waals surface area contributed by atoms with Crippen molar-refractivity contribution in [1.82, 2.24) is 0 Å². The number of rotatable bonds is 5. The molecule has 1 aromatic heterocycles. The van der Waals surface area contributed by atoms with E-state index in [9.17, 15) is 14.9 Å². The predicted molar refractivity (Wildman–Crippen MR) is 99.6 cm³/mol. The van der Waals surface area contributed by atoms with Gasteiger partial charge in [0.2, 0.25) is 5.91 Å². The number of nitrogens with zero attached hydrogens (tertiary/aromatic N) is 1. The Labute approximate surface area is 149 Å². The lowest BCUT2D eigenvalue weighted by molar-refractivity contribution is -0.384. The number of furan rings is 1. The molecule has 0 radical (unpaired) electrons. The highest BCUT2D eigenvalue weighted by Gasteiger charge is 2.15. The minimum absolute atomic E-state index is 0.142. The molecule has 26 heavy (non-hydrogen) atoms. The van der Waals surface area contributed by atoms with Crippen molar-refractivity contribution < 1.29 is 14.1 Å². The summed E-state index contributed by atoms with van der Waals surface area (Å²) in [6, 6.07) is 17.8. The number of carbonyl (C=O) groups is 1. The molecular weight excluding hydrogens is 332 g/mol. The lowest BCUT2D eigenvalue weighted by Gasteiger charge is -2.04. The number of nitro benzene ring substituents is 1. The monoisotopic (exact) mass is 348 g/mol. The van der Waals surface area contributed by atoms with Crippen LogP contribution in [0.15, 0.2) is 71.2 Å². The van der Waals surface area contributed by atoms with Gasteiger partial charge in [0, 0.05) is 17.7 Å². The molecule has 130 valence electrons. The first-order valence-corrected chi connectivity index (χ1v) is 7.92. The number of nitrogens with one attached hydrogen (secondary N) is 1. The SMILES string of the molecule is Cc1ccc(NC(=O)/C=C/c2ccc(-c3ccccc3)o2)c([N+](=O)[O-])c1. The second kappa shape index (κ2) is 7.48. The number of anilines is 1. The summed E-state index contributed by atoms with van der Waals surface area (Å²) in [7, 11) is 0. The topological polar surface area (TPSA) is 85.4 Å². The Kier molecular flexibility index (Phi) is 4.94. The minimum atomic E-state index is -0.523. The number of aryl methyl sites for hydroxylation is 1. The van der Waals surface area contributed by atoms with Crippen molar-refractivity contribution in [2.24, 2.45) is 0 Å². The molecule has 3 rings (SSSR count). The van der Waals surface area contributed by atoms with E-state index >= 15 is 0 Å². The molecule has 0 spiro atoms. The number of carbonyl (C=O) groups excluding carboxylic acids is 1. The average Bonchev–Trinajstić information content (AvgIpc) is 3.11. The van der Waals surface area contributed by atoms with Gasteiger partial charge in [-0.05, 0) is 36.8 Å². The Morgan fingerprint density at radius 1 is 1.12 bits per heavy atom. The quantitative estimate of drug-likeness (QED) is 0.407. The van der Waals surface area contributed by atoms with E-state index in [2.05, 4.69) is 5.32 Å². The molecule has 6 heteroatoms. The van der Waals surface area contributed by atoms with Crippen molar-refractivity contribution in [2.75, 3.05) is 5.32 Å². The Hall–Kier alpha value is -3.67. The summed E-state index contributed by atoms with van der Waals surface area (Å²) in [5, 5.41) is 13.6. The minimum Gasteiger partial charge on any atom is -0.457 e. The third-order valence-electron chi connectivity index (χ3n) is 3.69. The maximum atomic E-state index is 12.1. The van der Waals surface area contributed by atoms with Gasteiger partial charge in [0.25, 0.3) is 5.69 Å². The van der Waals surface area contributed by atoms with Gasteiger partial charge in [-0.1, -0.05) is 36.4 Å². The third kappa shape index (κ3) is 4.05. The van der Waals surface area contributed by atoms with Crippen molar-refractivity contribution >= 4 is 23.4 Å². The summed E-state index contributed by atoms with van der Waals surface area (Å²) in [4.78, 5) is 22.6. The normalized spacial score (nSPS) is 10.8. The molecule has 0 aliphatic rings. The molecule has 2 aromatic carbocycles. The van der Waals surface area contributed by atoms with Gasteiger partial charge in [0.15, 0.2) is 0 Å². The predicted octanol–water partition coefficient (Wildman–Crippen LogP) is 4.82. The molecule has 0 atom stereocenters. The summed E-state index contributed by atoms with van der Waals surface area (Å²) < 4.78 is 5.67. The van der Waals surface area contributed by atoms with Crippen LogP contribution in [0.2, 0.25) is 0 Å². The Morgan fingerprint density at radius 3 is 2.62 bits per heavy atom. The highest BCUT2D eigenvalue weighted by atomic mass is 16.6. The van der Waals surface area contributed by atoms with Crippen LogP contribution in [0.4, 0.5) is 11.4 Å². The van der Waals surface area contributed by atoms with Crippen molar-refractivity contribution in [3.63, 3.8) is 0 Å². The maximum absolute atomic E-state index is 12.1. The highest BCUT2D eigenvalue weighted by molar-refractivity contribution is 6.03. The Bertz CT molecular complexity index is 974. The van der Waals surface area contributed by atoms with Crippen LogP contribution in [0, 0.1) is 17.0 Å². The number of hydrogen-bond acceptors (Lipinski definition) is 4. The van der Waals surface area contributed by atoms with Crippen LogP contribution in [0.1, 0.15) is 11.3 Å². The van der Waals surface area contributed by atoms with Gasteiger partial charge in [-0.3, -0.25) is 14.9 Å². The molecule has 0 unspecified atom stereocenters. The van der Waals surface area contributed by atoms with Crippen LogP contribution < -0.4 is 5.32 Å². The zero-order valence-electron chi connectivity index (χ0n) is 14.0. The number of amides is 1. The standard InChI is InChI=1S/C20H16N2O4/c1-14-7-10-17(18(13-14)22(24)25)21-20(23)12-9-16-8-11-19(26-16)15-5-3-2-4-6-15/h2-13H,1H3,(H,21,23)/b12-9+. The lowest BCUT2D eigenvalue weighted by Crippen LogP contribution is -2.09. The zero-order chi connectivity index (χ0) is 18.5. The fourth-order valence-corrected chi connectivity index (χ4v) is 2.43. The molecule has 1 N–H and O–H groups in total. The molecule has 6 nitrogen and oxygen atoms in total. The number of benzene rings is 2. The van der Waals surface area contributed by atoms with E-state index in [1.54, 1.807) is 19.1 Å². The van der Waals surface area contributed by atoms with E-state index in [0.717, 1.165) is 11.1 Å². The number of nitro groups is 1. The summed E-state index contributed by atoms with van der Waals surface area (Å²) in [5.74, 6) is 0.729. The first kappa shape index (κ1) is 17.2. The second-order valence-electron chi connectivity index (χ2n) is 5.67. The Morgan fingerprint density at radius 2 is 1.88 bits per heavy atom. The Balaban J connectivity index is 1.71. The first-order chi connectivity index (χ1) is 12.5. The van der Waals surface area contributed by atoms with Gasteiger partial charge in [-0.25, -0.2) is 0 Å². The van der Waals surface area contributed by atoms with Crippen LogP contribution in [-0.4, -0.2) is 10.8 Å². The third-order valence-corrected chi connectivity index (χ3v) is 3.69. The van der Waals surface area contributed by atoms with E-state index in [4.69, 9.17) is 4.42 Å². The van der Waals surface area contributed by atoms with E-state index in [-0.39, 0.29) is 11.4 Å². The molecule has 1 heterocycles. The molecule has 1 amide bonds. The second-order valence-corrected chi connectivity index (χ2v) is 5.67. The molecule has 0 saturated carbocycles. The fraction of sp³-hybridized carbons (Fsp3) is 0.0500. The maximum Gasteiger partial charge on any atom is 0.293 e. The van der Waals surface area contributed by atoms with Crippen molar-refractivity contribution in [2.45, 2.75) is 6.92 Å².